The Morgan fingerprint density at radius 1 is 1.02 bits per heavy atom. The molecule has 0 bridgehead atoms. The van der Waals surface area contributed by atoms with E-state index in [0.29, 0.717) is 17.9 Å². The molecule has 4 amide bonds. The third kappa shape index (κ3) is 3.95. The van der Waals surface area contributed by atoms with Crippen LogP contribution in [0.2, 0.25) is 0 Å². The van der Waals surface area contributed by atoms with Crippen LogP contribution in [0.25, 0.3) is 0 Å². The van der Waals surface area contributed by atoms with Crippen molar-refractivity contribution in [2.24, 2.45) is 29.1 Å². The molecule has 6 atom stereocenters. The third-order valence-corrected chi connectivity index (χ3v) is 9.55. The zero-order valence-corrected chi connectivity index (χ0v) is 23.4. The monoisotopic (exact) mass is 572 g/mol. The van der Waals surface area contributed by atoms with Crippen LogP contribution in [-0.2, 0) is 24.0 Å². The Balaban J connectivity index is 1.49. The van der Waals surface area contributed by atoms with Gasteiger partial charge in [0.2, 0.25) is 23.6 Å². The highest BCUT2D eigenvalue weighted by molar-refractivity contribution is 6.24. The Hall–Kier alpha value is -4.47. The van der Waals surface area contributed by atoms with Gasteiger partial charge in [-0.15, -0.1) is 0 Å². The number of imide groups is 2. The van der Waals surface area contributed by atoms with Crippen LogP contribution < -0.4 is 9.64 Å². The number of nitrogens with zero attached hydrogens (tertiary/aromatic N) is 2. The van der Waals surface area contributed by atoms with Gasteiger partial charge in [-0.1, -0.05) is 35.9 Å². The van der Waals surface area contributed by atoms with E-state index in [2.05, 4.69) is 0 Å². The van der Waals surface area contributed by atoms with E-state index in [0.717, 1.165) is 10.5 Å². The summed E-state index contributed by atoms with van der Waals surface area (Å²) in [6.45, 7) is 3.68. The van der Waals surface area contributed by atoms with Crippen molar-refractivity contribution in [1.82, 2.24) is 4.90 Å². The molecule has 4 aliphatic rings. The first-order valence-corrected chi connectivity index (χ1v) is 14.3. The molecule has 2 saturated heterocycles. The number of rotatable bonds is 7. The topological polar surface area (TPSA) is 142 Å². The van der Waals surface area contributed by atoms with E-state index in [9.17, 15) is 34.2 Å². The van der Waals surface area contributed by atoms with Crippen molar-refractivity contribution in [2.45, 2.75) is 39.0 Å². The van der Waals surface area contributed by atoms with Crippen molar-refractivity contribution in [3.8, 4) is 11.5 Å². The minimum absolute atomic E-state index is 0.0577. The largest absolute Gasteiger partial charge is 0.504 e. The fourth-order valence-corrected chi connectivity index (χ4v) is 7.69. The van der Waals surface area contributed by atoms with Crippen LogP contribution in [0.3, 0.4) is 0 Å². The lowest BCUT2D eigenvalue weighted by Gasteiger charge is -2.49. The highest BCUT2D eigenvalue weighted by Crippen LogP contribution is 2.63. The van der Waals surface area contributed by atoms with Crippen LogP contribution in [0.15, 0.2) is 60.2 Å². The van der Waals surface area contributed by atoms with Crippen molar-refractivity contribution in [3.63, 3.8) is 0 Å². The molecule has 3 fully saturated rings. The van der Waals surface area contributed by atoms with E-state index in [1.807, 2.05) is 6.08 Å². The number of likely N-dealkylation sites (tertiary alicyclic amines) is 1. The standard InChI is InChI=1S/C32H32N2O8/c1-3-42-24-15-17(9-12-23(24)35)27-19-10-11-20-26(30(40)33(28(20)38)14-13-25(36)37)21(19)16-22-29(39)34(31(41)32(22,27)2)18-7-5-4-6-8-18/h4-10,12,15,20-22,26-27,35H,3,11,13-14,16H2,1-2H3,(H,36,37). The highest BCUT2D eigenvalue weighted by Gasteiger charge is 2.67. The molecular formula is C32H32N2O8. The quantitative estimate of drug-likeness (QED) is 0.379. The lowest BCUT2D eigenvalue weighted by Crippen LogP contribution is -2.48. The average Bonchev–Trinajstić information content (AvgIpc) is 3.33. The van der Waals surface area contributed by atoms with Gasteiger partial charge >= 0.3 is 5.97 Å². The number of hydrogen-bond donors (Lipinski definition) is 2. The molecule has 2 heterocycles. The van der Waals surface area contributed by atoms with Crippen LogP contribution in [0.5, 0.6) is 11.5 Å². The first-order chi connectivity index (χ1) is 20.1. The number of phenolic OH excluding ortho intramolecular Hbond substituents is 1. The van der Waals surface area contributed by atoms with Crippen molar-refractivity contribution in [3.05, 3.63) is 65.7 Å². The summed E-state index contributed by atoms with van der Waals surface area (Å²) in [5.41, 5.74) is 0.718. The van der Waals surface area contributed by atoms with Gasteiger partial charge in [0.15, 0.2) is 11.5 Å². The molecule has 2 aliphatic heterocycles. The van der Waals surface area contributed by atoms with E-state index in [1.54, 1.807) is 56.3 Å². The maximum atomic E-state index is 14.4. The number of carboxylic acids is 1. The molecule has 1 saturated carbocycles. The number of anilines is 1. The first kappa shape index (κ1) is 27.7. The lowest BCUT2D eigenvalue weighted by molar-refractivity contribution is -0.142. The molecule has 10 heteroatoms. The van der Waals surface area contributed by atoms with Crippen LogP contribution in [-0.4, -0.2) is 57.9 Å². The number of ether oxygens (including phenoxy) is 1. The number of carbonyl (C=O) groups is 5. The molecular weight excluding hydrogens is 540 g/mol. The van der Waals surface area contributed by atoms with E-state index in [4.69, 9.17) is 4.74 Å². The third-order valence-electron chi connectivity index (χ3n) is 9.55. The van der Waals surface area contributed by atoms with Gasteiger partial charge in [-0.25, -0.2) is 4.90 Å². The number of hydrogen-bond acceptors (Lipinski definition) is 7. The molecule has 0 aromatic heterocycles. The van der Waals surface area contributed by atoms with Crippen LogP contribution in [0.4, 0.5) is 5.69 Å². The second-order valence-corrected chi connectivity index (χ2v) is 11.6. The molecule has 6 rings (SSSR count). The summed E-state index contributed by atoms with van der Waals surface area (Å²) in [4.78, 5) is 69.0. The molecule has 2 aliphatic carbocycles. The normalized spacial score (nSPS) is 30.1. The van der Waals surface area contributed by atoms with E-state index in [-0.39, 0.29) is 49.1 Å². The second-order valence-electron chi connectivity index (χ2n) is 11.6. The molecule has 0 spiro atoms. The molecule has 6 unspecified atom stereocenters. The predicted molar refractivity (Wildman–Crippen MR) is 149 cm³/mol. The highest BCUT2D eigenvalue weighted by atomic mass is 16.5. The minimum atomic E-state index is -1.21. The number of benzene rings is 2. The van der Waals surface area contributed by atoms with Gasteiger partial charge in [0.1, 0.15) is 0 Å². The van der Waals surface area contributed by atoms with Crippen LogP contribution in [0.1, 0.15) is 44.6 Å². The van der Waals surface area contributed by atoms with Gasteiger partial charge in [0, 0.05) is 12.5 Å². The number of aromatic hydroxyl groups is 1. The Kier molecular flexibility index (Phi) is 6.67. The van der Waals surface area contributed by atoms with Gasteiger partial charge in [0.05, 0.1) is 41.9 Å². The molecule has 2 N–H and O–H groups in total. The van der Waals surface area contributed by atoms with E-state index < -0.39 is 52.8 Å². The van der Waals surface area contributed by atoms with Gasteiger partial charge < -0.3 is 14.9 Å². The number of aliphatic carboxylic acids is 1. The smallest absolute Gasteiger partial charge is 0.305 e. The van der Waals surface area contributed by atoms with Crippen molar-refractivity contribution < 1.29 is 38.9 Å². The number of carbonyl (C=O) groups excluding carboxylic acids is 4. The summed E-state index contributed by atoms with van der Waals surface area (Å²) >= 11 is 0. The Morgan fingerprint density at radius 2 is 1.76 bits per heavy atom. The zero-order valence-electron chi connectivity index (χ0n) is 23.4. The van der Waals surface area contributed by atoms with E-state index >= 15 is 0 Å². The van der Waals surface area contributed by atoms with Gasteiger partial charge in [-0.2, -0.15) is 0 Å². The number of amides is 4. The molecule has 2 aromatic carbocycles. The van der Waals surface area contributed by atoms with Gasteiger partial charge in [-0.05, 0) is 62.4 Å². The van der Waals surface area contributed by atoms with Crippen molar-refractivity contribution >= 4 is 35.3 Å². The Bertz CT molecular complexity index is 1530. The Labute approximate surface area is 242 Å². The number of allylic oxidation sites excluding steroid dienone is 2. The number of para-hydroxylation sites is 1. The summed E-state index contributed by atoms with van der Waals surface area (Å²) in [5, 5.41) is 19.6. The fourth-order valence-electron chi connectivity index (χ4n) is 7.69. The lowest BCUT2D eigenvalue weighted by atomic mass is 9.51. The molecule has 0 radical (unpaired) electrons. The second kappa shape index (κ2) is 10.1. The van der Waals surface area contributed by atoms with Gasteiger partial charge in [-0.3, -0.25) is 28.9 Å². The van der Waals surface area contributed by atoms with Gasteiger partial charge in [0.25, 0.3) is 0 Å². The zero-order chi connectivity index (χ0) is 29.9. The molecule has 2 aromatic rings. The SMILES string of the molecule is CCOc1cc(C2C3=CCC4C(=O)N(CCC(=O)O)C(=O)C4C3CC3C(=O)N(c4ccccc4)C(=O)C32C)ccc1O. The molecule has 42 heavy (non-hydrogen) atoms. The minimum Gasteiger partial charge on any atom is -0.504 e. The number of carboxylic acid groups (broad SMARTS) is 1. The first-order valence-electron chi connectivity index (χ1n) is 14.3. The Morgan fingerprint density at radius 3 is 2.45 bits per heavy atom. The predicted octanol–water partition coefficient (Wildman–Crippen LogP) is 3.50. The molecule has 10 nitrogen and oxygen atoms in total. The van der Waals surface area contributed by atoms with Crippen molar-refractivity contribution in [1.29, 1.82) is 0 Å². The summed E-state index contributed by atoms with van der Waals surface area (Å²) in [6, 6.07) is 13.6. The number of phenols is 1. The summed E-state index contributed by atoms with van der Waals surface area (Å²) in [7, 11) is 0. The molecule has 218 valence electrons. The summed E-state index contributed by atoms with van der Waals surface area (Å²) in [6.07, 6.45) is 2.05. The fraction of sp³-hybridized carbons (Fsp3) is 0.406. The maximum absolute atomic E-state index is 14.4. The van der Waals surface area contributed by atoms with Crippen LogP contribution >= 0.6 is 0 Å². The van der Waals surface area contributed by atoms with E-state index in [1.165, 1.54) is 11.0 Å². The summed E-state index contributed by atoms with van der Waals surface area (Å²) in [5.74, 6) is -5.78. The summed E-state index contributed by atoms with van der Waals surface area (Å²) < 4.78 is 5.66. The maximum Gasteiger partial charge on any atom is 0.305 e. The number of fused-ring (bicyclic) bond motifs is 4. The van der Waals surface area contributed by atoms with Crippen molar-refractivity contribution in [2.75, 3.05) is 18.1 Å². The van der Waals surface area contributed by atoms with Crippen LogP contribution in [0, 0.1) is 29.1 Å². The average molecular weight is 573 g/mol.